The van der Waals surface area contributed by atoms with E-state index in [1.165, 1.54) is 0 Å². The van der Waals surface area contributed by atoms with Crippen molar-refractivity contribution in [2.75, 3.05) is 32.2 Å². The highest BCUT2D eigenvalue weighted by Gasteiger charge is 2.13. The topological polar surface area (TPSA) is 55.5 Å². The first-order valence-corrected chi connectivity index (χ1v) is 5.64. The van der Waals surface area contributed by atoms with Crippen LogP contribution in [-0.4, -0.2) is 52.3 Å². The molecule has 2 aromatic heterocycles. The number of hydrogen-bond acceptors (Lipinski definition) is 5. The Kier molecular flexibility index (Phi) is 3.75. The van der Waals surface area contributed by atoms with E-state index in [1.54, 1.807) is 25.8 Å². The molecule has 17 heavy (non-hydrogen) atoms. The largest absolute Gasteiger partial charge is 0.383 e. The van der Waals surface area contributed by atoms with Crippen molar-refractivity contribution in [2.24, 2.45) is 0 Å². The monoisotopic (exact) mass is 255 g/mol. The smallest absolute Gasteiger partial charge is 0.203 e. The minimum atomic E-state index is -0.0880. The van der Waals surface area contributed by atoms with E-state index in [0.29, 0.717) is 13.2 Å². The van der Waals surface area contributed by atoms with Gasteiger partial charge >= 0.3 is 0 Å². The molecule has 0 radical (unpaired) electrons. The van der Waals surface area contributed by atoms with Gasteiger partial charge in [-0.1, -0.05) is 0 Å². The fourth-order valence-electron chi connectivity index (χ4n) is 1.63. The molecular formula is C10H14ClN5O. The molecule has 1 atom stereocenters. The molecule has 7 heteroatoms. The predicted octanol–water partition coefficient (Wildman–Crippen LogP) is 0.814. The average molecular weight is 256 g/mol. The van der Waals surface area contributed by atoms with Crippen LogP contribution in [0.2, 0.25) is 0 Å². The minimum absolute atomic E-state index is 0.0880. The van der Waals surface area contributed by atoms with Gasteiger partial charge in [-0.2, -0.15) is 0 Å². The highest BCUT2D eigenvalue weighted by atomic mass is 35.5. The summed E-state index contributed by atoms with van der Waals surface area (Å²) in [7, 11) is 3.55. The van der Waals surface area contributed by atoms with Crippen LogP contribution in [-0.2, 0) is 4.74 Å². The summed E-state index contributed by atoms with van der Waals surface area (Å²) in [6, 6.07) is 0. The Bertz CT molecular complexity index is 488. The number of halogens is 1. The summed E-state index contributed by atoms with van der Waals surface area (Å²) in [6.07, 6.45) is 5.16. The molecule has 0 N–H and O–H groups in total. The Morgan fingerprint density at radius 3 is 3.18 bits per heavy atom. The van der Waals surface area contributed by atoms with E-state index >= 15 is 0 Å². The van der Waals surface area contributed by atoms with E-state index in [9.17, 15) is 0 Å². The lowest BCUT2D eigenvalue weighted by Crippen LogP contribution is -2.29. The van der Waals surface area contributed by atoms with Crippen molar-refractivity contribution >= 4 is 23.1 Å². The van der Waals surface area contributed by atoms with E-state index < -0.39 is 0 Å². The number of ether oxygens (including phenoxy) is 1. The number of rotatable bonds is 5. The van der Waals surface area contributed by atoms with Crippen molar-refractivity contribution in [3.63, 3.8) is 0 Å². The van der Waals surface area contributed by atoms with Crippen molar-refractivity contribution in [3.8, 4) is 0 Å². The molecule has 0 aliphatic heterocycles. The van der Waals surface area contributed by atoms with Crippen LogP contribution in [0.15, 0.2) is 18.7 Å². The summed E-state index contributed by atoms with van der Waals surface area (Å²) in [4.78, 5) is 6.24. The van der Waals surface area contributed by atoms with E-state index in [0.717, 1.165) is 11.5 Å². The van der Waals surface area contributed by atoms with Gasteiger partial charge in [0.15, 0.2) is 5.82 Å². The van der Waals surface area contributed by atoms with Gasteiger partial charge in [0, 0.05) is 33.1 Å². The summed E-state index contributed by atoms with van der Waals surface area (Å²) in [6.45, 7) is 1.14. The van der Waals surface area contributed by atoms with Crippen LogP contribution >= 0.6 is 11.6 Å². The normalized spacial score (nSPS) is 12.9. The molecular weight excluding hydrogens is 242 g/mol. The molecule has 0 amide bonds. The number of fused-ring (bicyclic) bond motifs is 1. The second-order valence-electron chi connectivity index (χ2n) is 3.75. The minimum Gasteiger partial charge on any atom is -0.383 e. The SMILES string of the molecule is COCC(Cl)CN(C)c1nccn2cnnc12. The average Bonchev–Trinajstić information content (AvgIpc) is 2.76. The van der Waals surface area contributed by atoms with Crippen LogP contribution in [0.25, 0.3) is 5.65 Å². The molecule has 0 saturated carbocycles. The summed E-state index contributed by atoms with van der Waals surface area (Å²) in [5.74, 6) is 0.756. The van der Waals surface area contributed by atoms with Crippen LogP contribution in [0.5, 0.6) is 0 Å². The van der Waals surface area contributed by atoms with E-state index in [-0.39, 0.29) is 5.38 Å². The van der Waals surface area contributed by atoms with Crippen molar-refractivity contribution in [3.05, 3.63) is 18.7 Å². The maximum atomic E-state index is 6.11. The lowest BCUT2D eigenvalue weighted by atomic mass is 10.4. The second-order valence-corrected chi connectivity index (χ2v) is 4.36. The first-order valence-electron chi connectivity index (χ1n) is 5.21. The van der Waals surface area contributed by atoms with Gasteiger partial charge in [-0.05, 0) is 0 Å². The molecule has 6 nitrogen and oxygen atoms in total. The highest BCUT2D eigenvalue weighted by molar-refractivity contribution is 6.21. The molecule has 2 rings (SSSR count). The van der Waals surface area contributed by atoms with Crippen molar-refractivity contribution < 1.29 is 4.74 Å². The van der Waals surface area contributed by atoms with Crippen LogP contribution in [0.3, 0.4) is 0 Å². The third-order valence-electron chi connectivity index (χ3n) is 2.38. The van der Waals surface area contributed by atoms with Gasteiger partial charge in [-0.25, -0.2) is 4.98 Å². The van der Waals surface area contributed by atoms with E-state index in [2.05, 4.69) is 15.2 Å². The van der Waals surface area contributed by atoms with Crippen LogP contribution in [0, 0.1) is 0 Å². The van der Waals surface area contributed by atoms with Crippen LogP contribution in [0.4, 0.5) is 5.82 Å². The molecule has 92 valence electrons. The highest BCUT2D eigenvalue weighted by Crippen LogP contribution is 2.15. The number of anilines is 1. The summed E-state index contributed by atoms with van der Waals surface area (Å²) >= 11 is 6.11. The molecule has 2 aromatic rings. The van der Waals surface area contributed by atoms with Gasteiger partial charge < -0.3 is 9.64 Å². The predicted molar refractivity (Wildman–Crippen MR) is 65.6 cm³/mol. The molecule has 1 unspecified atom stereocenters. The number of methoxy groups -OCH3 is 1. The quantitative estimate of drug-likeness (QED) is 0.741. The first kappa shape index (κ1) is 12.1. The summed E-state index contributed by atoms with van der Waals surface area (Å²) in [5, 5.41) is 7.79. The lowest BCUT2D eigenvalue weighted by Gasteiger charge is -2.20. The summed E-state index contributed by atoms with van der Waals surface area (Å²) < 4.78 is 6.82. The molecule has 0 saturated heterocycles. The maximum Gasteiger partial charge on any atom is 0.203 e. The lowest BCUT2D eigenvalue weighted by molar-refractivity contribution is 0.199. The van der Waals surface area contributed by atoms with Crippen LogP contribution < -0.4 is 4.90 Å². The standard InChI is InChI=1S/C10H14ClN5O/c1-15(5-8(11)6-17-2)9-10-14-13-7-16(10)4-3-12-9/h3-4,7-8H,5-6H2,1-2H3. The number of hydrogen-bond donors (Lipinski definition) is 0. The van der Waals surface area contributed by atoms with E-state index in [4.69, 9.17) is 16.3 Å². The maximum absolute atomic E-state index is 6.11. The Balaban J connectivity index is 2.18. The molecule has 0 spiro atoms. The molecule has 0 aromatic carbocycles. The third-order valence-corrected chi connectivity index (χ3v) is 2.64. The van der Waals surface area contributed by atoms with Gasteiger partial charge in [0.25, 0.3) is 0 Å². The number of nitrogens with zero attached hydrogens (tertiary/aromatic N) is 5. The summed E-state index contributed by atoms with van der Waals surface area (Å²) in [5.41, 5.74) is 0.719. The zero-order valence-electron chi connectivity index (χ0n) is 9.75. The van der Waals surface area contributed by atoms with E-state index in [1.807, 2.05) is 16.3 Å². The molecule has 0 fully saturated rings. The molecule has 2 heterocycles. The van der Waals surface area contributed by atoms with Crippen molar-refractivity contribution in [1.29, 1.82) is 0 Å². The zero-order chi connectivity index (χ0) is 12.3. The first-order chi connectivity index (χ1) is 8.22. The van der Waals surface area contributed by atoms with Crippen molar-refractivity contribution in [2.45, 2.75) is 5.38 Å². The van der Waals surface area contributed by atoms with Crippen molar-refractivity contribution in [1.82, 2.24) is 19.6 Å². The zero-order valence-corrected chi connectivity index (χ0v) is 10.5. The van der Waals surface area contributed by atoms with Gasteiger partial charge in [-0.15, -0.1) is 21.8 Å². The number of alkyl halides is 1. The second kappa shape index (κ2) is 5.29. The Morgan fingerprint density at radius 2 is 2.41 bits per heavy atom. The van der Waals surface area contributed by atoms with Crippen LogP contribution in [0.1, 0.15) is 0 Å². The molecule has 0 aliphatic carbocycles. The molecule has 0 bridgehead atoms. The molecule has 0 aliphatic rings. The Morgan fingerprint density at radius 1 is 1.59 bits per heavy atom. The van der Waals surface area contributed by atoms with Gasteiger partial charge in [0.05, 0.1) is 12.0 Å². The fourth-order valence-corrected chi connectivity index (χ4v) is 1.96. The van der Waals surface area contributed by atoms with Gasteiger partial charge in [0.2, 0.25) is 5.65 Å². The van der Waals surface area contributed by atoms with Gasteiger partial charge in [-0.3, -0.25) is 4.40 Å². The fraction of sp³-hybridized carbons (Fsp3) is 0.500. The van der Waals surface area contributed by atoms with Gasteiger partial charge in [0.1, 0.15) is 6.33 Å². The Labute approximate surface area is 104 Å². The third kappa shape index (κ3) is 2.65. The number of aromatic nitrogens is 4. The Hall–Kier alpha value is -1.40.